The Balaban J connectivity index is 1.14. The number of rotatable bonds is 7. The summed E-state index contributed by atoms with van der Waals surface area (Å²) in [4.78, 5) is 4.97. The van der Waals surface area contributed by atoms with Crippen LogP contribution in [0.1, 0.15) is 88.6 Å². The summed E-state index contributed by atoms with van der Waals surface area (Å²) in [7, 11) is 0. The maximum atomic E-state index is 9.32. The molecule has 5 nitrogen and oxygen atoms in total. The van der Waals surface area contributed by atoms with E-state index in [1.54, 1.807) is 0 Å². The second-order valence-corrected chi connectivity index (χ2v) is 20.5. The van der Waals surface area contributed by atoms with E-state index in [9.17, 15) is 5.48 Å². The second kappa shape index (κ2) is 15.5. The Hall–Kier alpha value is -6.55. The zero-order chi connectivity index (χ0) is 55.4. The maximum absolute atomic E-state index is 9.32. The molecule has 1 aliphatic carbocycles. The van der Waals surface area contributed by atoms with Gasteiger partial charge in [-0.1, -0.05) is 47.6 Å². The van der Waals surface area contributed by atoms with Gasteiger partial charge >= 0.3 is 326 Å². The van der Waals surface area contributed by atoms with Crippen LogP contribution in [0.15, 0.2) is 158 Å². The number of hydrogen-bond acceptors (Lipinski definition) is 2. The summed E-state index contributed by atoms with van der Waals surface area (Å²) in [5.74, 6) is 1.98. The van der Waals surface area contributed by atoms with Crippen LogP contribution in [0.4, 0.5) is 0 Å². The van der Waals surface area contributed by atoms with Crippen molar-refractivity contribution in [3.05, 3.63) is 195 Å². The Kier molecular flexibility index (Phi) is 7.64. The van der Waals surface area contributed by atoms with E-state index in [2.05, 4.69) is 103 Å². The topological polar surface area (TPSA) is 36.9 Å². The van der Waals surface area contributed by atoms with Gasteiger partial charge < -0.3 is 0 Å². The third-order valence-electron chi connectivity index (χ3n) is 15.5. The minimum atomic E-state index is -0.551. The number of nitrogens with zero attached hydrogens (tertiary/aromatic N) is 4. The van der Waals surface area contributed by atoms with Gasteiger partial charge in [0, 0.05) is 6.20 Å². The molecule has 0 saturated heterocycles. The molecular formula is C61H56N4OPt. The molecule has 11 rings (SSSR count). The molecule has 3 heterocycles. The van der Waals surface area contributed by atoms with Gasteiger partial charge in [0.1, 0.15) is 0 Å². The van der Waals surface area contributed by atoms with Crippen LogP contribution in [0.2, 0.25) is 0 Å². The van der Waals surface area contributed by atoms with Gasteiger partial charge in [0.2, 0.25) is 0 Å². The van der Waals surface area contributed by atoms with Crippen molar-refractivity contribution >= 4 is 32.8 Å². The number of ether oxygens (including phenoxy) is 1. The van der Waals surface area contributed by atoms with Crippen LogP contribution in [0.3, 0.4) is 0 Å². The van der Waals surface area contributed by atoms with Crippen LogP contribution in [0, 0.1) is 36.9 Å². The molecule has 3 aromatic heterocycles. The van der Waals surface area contributed by atoms with E-state index in [1.807, 2.05) is 96.8 Å². The van der Waals surface area contributed by atoms with Crippen LogP contribution in [-0.4, -0.2) is 18.7 Å². The zero-order valence-electron chi connectivity index (χ0n) is 49.3. The molecule has 0 fully saturated rings. The van der Waals surface area contributed by atoms with Gasteiger partial charge in [-0.25, -0.2) is 0 Å². The van der Waals surface area contributed by atoms with Crippen molar-refractivity contribution in [2.24, 2.45) is 5.41 Å². The first-order chi connectivity index (χ1) is 36.3. The first kappa shape index (κ1) is 33.0. The third kappa shape index (κ3) is 6.30. The van der Waals surface area contributed by atoms with Gasteiger partial charge in [-0.15, -0.1) is 0 Å². The molecule has 0 saturated carbocycles. The molecule has 336 valence electrons. The molecule has 67 heavy (non-hydrogen) atoms. The number of para-hydroxylation sites is 2. The van der Waals surface area contributed by atoms with Gasteiger partial charge in [0.25, 0.3) is 0 Å². The number of fused-ring (bicyclic) bond motifs is 6. The first-order valence-corrected chi connectivity index (χ1v) is 23.7. The van der Waals surface area contributed by atoms with E-state index in [0.29, 0.717) is 48.9 Å². The fourth-order valence-corrected chi connectivity index (χ4v) is 11.8. The number of aryl methyl sites for hydroxylation is 1. The van der Waals surface area contributed by atoms with E-state index in [0.717, 1.165) is 38.7 Å². The van der Waals surface area contributed by atoms with E-state index in [1.165, 1.54) is 11.1 Å². The zero-order valence-corrected chi connectivity index (χ0v) is 41.5. The number of aromatic nitrogens is 4. The Morgan fingerprint density at radius 2 is 1.18 bits per heavy atom. The SMILES string of the molecule is [2H]c1c([2H])c([2H])c(-c2c(C)c(C)c(C)c(-c3c([2H])c([2H])c([2H])c([2H])c3[2H])c2-n2[c](=[Pt])n(-c3cccc(Oc4ccc5c6ccc7c(c6n(-c6cc(C)ccn6)c5c4)C(C)(C)C(C)(C)C7(C)C)c3)c3ccccc32)c([2H])c1[2H]. The average molecular weight is 1070 g/mol. The summed E-state index contributed by atoms with van der Waals surface area (Å²) in [6.45, 7) is 21.8. The van der Waals surface area contributed by atoms with Gasteiger partial charge in [-0.2, -0.15) is 0 Å². The van der Waals surface area contributed by atoms with Crippen molar-refractivity contribution in [1.82, 2.24) is 18.7 Å². The molecule has 0 aliphatic heterocycles. The Morgan fingerprint density at radius 3 is 1.82 bits per heavy atom. The molecule has 0 N–H and O–H groups in total. The summed E-state index contributed by atoms with van der Waals surface area (Å²) in [5.41, 5.74) is 10.1. The van der Waals surface area contributed by atoms with Gasteiger partial charge in [-0.05, 0) is 40.4 Å². The molecular weight excluding hydrogens is 1000 g/mol. The van der Waals surface area contributed by atoms with Crippen molar-refractivity contribution in [2.45, 2.75) is 80.1 Å². The fraction of sp³-hybridized carbons (Fsp3) is 0.213. The van der Waals surface area contributed by atoms with E-state index < -0.39 is 60.4 Å². The van der Waals surface area contributed by atoms with Crippen molar-refractivity contribution in [3.63, 3.8) is 0 Å². The predicted molar refractivity (Wildman–Crippen MR) is 274 cm³/mol. The fourth-order valence-electron chi connectivity index (χ4n) is 10.7. The molecule has 0 spiro atoms. The molecule has 7 aromatic carbocycles. The van der Waals surface area contributed by atoms with Gasteiger partial charge in [0.05, 0.1) is 0 Å². The van der Waals surface area contributed by atoms with Crippen molar-refractivity contribution in [2.75, 3.05) is 0 Å². The van der Waals surface area contributed by atoms with E-state index >= 15 is 0 Å². The van der Waals surface area contributed by atoms with Crippen molar-refractivity contribution in [1.29, 1.82) is 0 Å². The molecule has 6 heteroatoms. The molecule has 0 unspecified atom stereocenters. The van der Waals surface area contributed by atoms with Crippen molar-refractivity contribution in [3.8, 4) is 50.9 Å². The van der Waals surface area contributed by atoms with Crippen LogP contribution >= 0.6 is 0 Å². The predicted octanol–water partition coefficient (Wildman–Crippen LogP) is 15.9. The van der Waals surface area contributed by atoms with Gasteiger partial charge in [0.15, 0.2) is 0 Å². The number of hydrogen-bond donors (Lipinski definition) is 0. The second-order valence-electron chi connectivity index (χ2n) is 19.4. The molecule has 0 atom stereocenters. The third-order valence-corrected chi connectivity index (χ3v) is 16.6. The quantitative estimate of drug-likeness (QED) is 0.159. The summed E-state index contributed by atoms with van der Waals surface area (Å²) >= 11 is 2.21. The number of pyridine rings is 1. The Morgan fingerprint density at radius 1 is 0.567 bits per heavy atom. The van der Waals surface area contributed by atoms with E-state index in [4.69, 9.17) is 17.9 Å². The molecule has 0 amide bonds. The summed E-state index contributed by atoms with van der Waals surface area (Å²) in [6, 6.07) is 25.4. The van der Waals surface area contributed by atoms with Crippen LogP contribution < -0.4 is 4.74 Å². The summed E-state index contributed by atoms with van der Waals surface area (Å²) in [5, 5.41) is 2.22. The van der Waals surface area contributed by atoms with Gasteiger partial charge in [-0.3, -0.25) is 0 Å². The van der Waals surface area contributed by atoms with Crippen LogP contribution in [-0.2, 0) is 30.2 Å². The number of benzene rings is 7. The minimum absolute atomic E-state index is 0.0727. The van der Waals surface area contributed by atoms with Crippen LogP contribution in [0.25, 0.3) is 72.3 Å². The Bertz CT molecular complexity index is 4160. The van der Waals surface area contributed by atoms with Crippen LogP contribution in [0.5, 0.6) is 11.5 Å². The summed E-state index contributed by atoms with van der Waals surface area (Å²) in [6.07, 6.45) is 1.86. The Labute approximate surface area is 418 Å². The molecule has 1 aliphatic rings. The number of imidazole rings is 1. The van der Waals surface area contributed by atoms with E-state index in [-0.39, 0.29) is 38.5 Å². The summed E-state index contributed by atoms with van der Waals surface area (Å²) < 4.78 is 103. The first-order valence-electron chi connectivity index (χ1n) is 27.6. The molecule has 10 aromatic rings. The molecule has 0 radical (unpaired) electrons. The van der Waals surface area contributed by atoms with Crippen molar-refractivity contribution < 1.29 is 37.8 Å². The monoisotopic (exact) mass is 1070 g/mol. The standard InChI is InChI=1S/C61H56N4O.Pt/c1-38-32-33-62-53(34-38)65-52-36-46(28-29-47(52)48-30-31-49-56(57(48)65)60(7,8)61(9,10)59(49,5)6)66-45-25-19-24-44(35-45)63-37-64(51-27-18-17-26-50(51)63)58-54(42-20-13-11-14-21-42)40(3)39(2)41(4)55(58)43-22-15-12-16-23-43;/h11-36H,1-10H3;/i11D,12D,13D,14D,15D,16D,20D,21D,22D,23D;. The molecule has 0 bridgehead atoms. The average Bonchev–Trinajstić information content (AvgIpc) is 4.00. The normalized spacial score (nSPS) is 17.0.